The third-order valence-corrected chi connectivity index (χ3v) is 7.18. The first kappa shape index (κ1) is 18.1. The van der Waals surface area contributed by atoms with Crippen molar-refractivity contribution in [1.82, 2.24) is 24.6 Å². The molecule has 3 aliphatic rings. The predicted molar refractivity (Wildman–Crippen MR) is 111 cm³/mol. The molecule has 1 spiro atoms. The number of nitrogens with zero attached hydrogens (tertiary/aromatic N) is 6. The van der Waals surface area contributed by atoms with Crippen molar-refractivity contribution in [2.24, 2.45) is 7.05 Å². The largest absolute Gasteiger partial charge is 0.356 e. The highest BCUT2D eigenvalue weighted by atomic mass is 15.3. The van der Waals surface area contributed by atoms with E-state index in [9.17, 15) is 0 Å². The minimum Gasteiger partial charge on any atom is -0.356 e. The van der Waals surface area contributed by atoms with E-state index in [1.165, 1.54) is 54.7 Å². The highest BCUT2D eigenvalue weighted by Crippen LogP contribution is 2.47. The fourth-order valence-electron chi connectivity index (χ4n) is 5.59. The van der Waals surface area contributed by atoms with Gasteiger partial charge in [-0.05, 0) is 65.5 Å². The number of anilines is 1. The molecule has 6 heteroatoms. The summed E-state index contributed by atoms with van der Waals surface area (Å²) in [4.78, 5) is 15.0. The zero-order valence-electron chi connectivity index (χ0n) is 17.5. The third-order valence-electron chi connectivity index (χ3n) is 7.18. The Labute approximate surface area is 168 Å². The third kappa shape index (κ3) is 3.02. The van der Waals surface area contributed by atoms with Crippen molar-refractivity contribution in [1.29, 1.82) is 0 Å². The lowest BCUT2D eigenvalue weighted by Crippen LogP contribution is -2.41. The smallest absolute Gasteiger partial charge is 0.135 e. The van der Waals surface area contributed by atoms with Gasteiger partial charge in [0.25, 0.3) is 0 Å². The molecule has 2 aromatic heterocycles. The minimum atomic E-state index is 0.276. The quantitative estimate of drug-likeness (QED) is 0.819. The van der Waals surface area contributed by atoms with Gasteiger partial charge in [0.1, 0.15) is 11.6 Å². The van der Waals surface area contributed by atoms with Crippen molar-refractivity contribution >= 4 is 5.82 Å². The molecule has 150 valence electrons. The Kier molecular flexibility index (Phi) is 4.42. The van der Waals surface area contributed by atoms with E-state index in [2.05, 4.69) is 34.9 Å². The number of hydrogen-bond donors (Lipinski definition) is 0. The summed E-state index contributed by atoms with van der Waals surface area (Å²) in [5, 5.41) is 4.50. The van der Waals surface area contributed by atoms with Crippen LogP contribution in [-0.4, -0.2) is 50.8 Å². The van der Waals surface area contributed by atoms with Crippen LogP contribution >= 0.6 is 0 Å². The minimum absolute atomic E-state index is 0.276. The topological polar surface area (TPSA) is 50.1 Å². The van der Waals surface area contributed by atoms with Gasteiger partial charge >= 0.3 is 0 Å². The first-order chi connectivity index (χ1) is 13.5. The second kappa shape index (κ2) is 6.83. The lowest BCUT2D eigenvalue weighted by Gasteiger charge is -2.39. The standard InChI is InChI=1S/C22H32N6/c1-16-18(14-26(3)25-16)15-27-12-8-22(9-13-27)7-6-19-20(22)23-17(2)24-21(19)28-10-4-5-11-28/h14H,4-13,15H2,1-3H3. The van der Waals surface area contributed by atoms with E-state index >= 15 is 0 Å². The second-order valence-electron chi connectivity index (χ2n) is 9.09. The van der Waals surface area contributed by atoms with Crippen LogP contribution in [0.15, 0.2) is 6.20 Å². The number of rotatable bonds is 3. The Balaban J connectivity index is 1.36. The van der Waals surface area contributed by atoms with E-state index in [0.717, 1.165) is 50.7 Å². The average Bonchev–Trinajstić information content (AvgIpc) is 3.38. The molecule has 1 aliphatic carbocycles. The van der Waals surface area contributed by atoms with E-state index in [1.807, 2.05) is 11.7 Å². The zero-order chi connectivity index (χ0) is 19.3. The number of fused-ring (bicyclic) bond motifs is 2. The molecule has 0 atom stereocenters. The number of piperidine rings is 1. The molecule has 2 saturated heterocycles. The molecule has 28 heavy (non-hydrogen) atoms. The van der Waals surface area contributed by atoms with Crippen molar-refractivity contribution in [3.05, 3.63) is 34.5 Å². The first-order valence-corrected chi connectivity index (χ1v) is 10.9. The van der Waals surface area contributed by atoms with Gasteiger partial charge in [-0.2, -0.15) is 5.10 Å². The monoisotopic (exact) mass is 380 g/mol. The van der Waals surface area contributed by atoms with Gasteiger partial charge in [0.2, 0.25) is 0 Å². The molecule has 4 heterocycles. The maximum atomic E-state index is 5.02. The fourth-order valence-corrected chi connectivity index (χ4v) is 5.59. The lowest BCUT2D eigenvalue weighted by atomic mass is 9.76. The van der Waals surface area contributed by atoms with Crippen LogP contribution in [0.5, 0.6) is 0 Å². The van der Waals surface area contributed by atoms with Gasteiger partial charge < -0.3 is 4.90 Å². The number of likely N-dealkylation sites (tertiary alicyclic amines) is 1. The maximum Gasteiger partial charge on any atom is 0.135 e. The number of hydrogen-bond acceptors (Lipinski definition) is 5. The van der Waals surface area contributed by atoms with Gasteiger partial charge in [0.15, 0.2) is 0 Å². The first-order valence-electron chi connectivity index (χ1n) is 10.9. The van der Waals surface area contributed by atoms with E-state index in [-0.39, 0.29) is 5.41 Å². The fraction of sp³-hybridized carbons (Fsp3) is 0.682. The summed E-state index contributed by atoms with van der Waals surface area (Å²) < 4.78 is 1.93. The van der Waals surface area contributed by atoms with Gasteiger partial charge in [-0.1, -0.05) is 0 Å². The van der Waals surface area contributed by atoms with E-state index < -0.39 is 0 Å². The molecule has 0 N–H and O–H groups in total. The molecule has 0 unspecified atom stereocenters. The number of aryl methyl sites for hydroxylation is 3. The summed E-state index contributed by atoms with van der Waals surface area (Å²) in [7, 11) is 2.01. The van der Waals surface area contributed by atoms with Crippen LogP contribution in [0.3, 0.4) is 0 Å². The summed E-state index contributed by atoms with van der Waals surface area (Å²) in [6.45, 7) is 9.83. The predicted octanol–water partition coefficient (Wildman–Crippen LogP) is 2.91. The highest BCUT2D eigenvalue weighted by molar-refractivity contribution is 5.54. The molecule has 6 nitrogen and oxygen atoms in total. The van der Waals surface area contributed by atoms with Gasteiger partial charge in [-0.3, -0.25) is 9.58 Å². The van der Waals surface area contributed by atoms with Crippen LogP contribution in [0.1, 0.15) is 60.4 Å². The molecule has 0 bridgehead atoms. The summed E-state index contributed by atoms with van der Waals surface area (Å²) >= 11 is 0. The van der Waals surface area contributed by atoms with Crippen LogP contribution < -0.4 is 4.90 Å². The van der Waals surface area contributed by atoms with Gasteiger partial charge in [-0.15, -0.1) is 0 Å². The molecule has 2 aromatic rings. The summed E-state index contributed by atoms with van der Waals surface area (Å²) in [5.74, 6) is 2.21. The molecule has 0 radical (unpaired) electrons. The molecule has 2 aliphatic heterocycles. The zero-order valence-corrected chi connectivity index (χ0v) is 17.5. The Morgan fingerprint density at radius 1 is 1.00 bits per heavy atom. The van der Waals surface area contributed by atoms with Gasteiger partial charge in [0.05, 0.1) is 11.4 Å². The molecule has 0 aromatic carbocycles. The van der Waals surface area contributed by atoms with E-state index in [4.69, 9.17) is 9.97 Å². The van der Waals surface area contributed by atoms with Crippen molar-refractivity contribution in [2.75, 3.05) is 31.1 Å². The van der Waals surface area contributed by atoms with Gasteiger partial charge in [-0.25, -0.2) is 9.97 Å². The Morgan fingerprint density at radius 3 is 2.43 bits per heavy atom. The van der Waals surface area contributed by atoms with Crippen molar-refractivity contribution < 1.29 is 0 Å². The lowest BCUT2D eigenvalue weighted by molar-refractivity contribution is 0.149. The second-order valence-corrected chi connectivity index (χ2v) is 9.09. The Hall–Kier alpha value is -1.95. The van der Waals surface area contributed by atoms with Crippen LogP contribution in [0.25, 0.3) is 0 Å². The van der Waals surface area contributed by atoms with Crippen LogP contribution in [-0.2, 0) is 25.4 Å². The normalized spacial score (nSPS) is 21.6. The average molecular weight is 381 g/mol. The maximum absolute atomic E-state index is 5.02. The molecule has 0 amide bonds. The highest BCUT2D eigenvalue weighted by Gasteiger charge is 2.44. The van der Waals surface area contributed by atoms with Crippen LogP contribution in [0.4, 0.5) is 5.82 Å². The summed E-state index contributed by atoms with van der Waals surface area (Å²) in [6.07, 6.45) is 9.61. The Bertz CT molecular complexity index is 871. The van der Waals surface area contributed by atoms with Crippen molar-refractivity contribution in [3.8, 4) is 0 Å². The Morgan fingerprint density at radius 2 is 1.75 bits per heavy atom. The summed E-state index contributed by atoms with van der Waals surface area (Å²) in [5.41, 5.74) is 5.65. The molecule has 2 fully saturated rings. The number of aromatic nitrogens is 4. The van der Waals surface area contributed by atoms with Gasteiger partial charge in [0, 0.05) is 49.4 Å². The van der Waals surface area contributed by atoms with Crippen LogP contribution in [0.2, 0.25) is 0 Å². The van der Waals surface area contributed by atoms with Crippen LogP contribution in [0, 0.1) is 13.8 Å². The SMILES string of the molecule is Cc1nc(N2CCCC2)c2c(n1)C1(CC2)CCN(Cc2cn(C)nc2C)CC1. The summed E-state index contributed by atoms with van der Waals surface area (Å²) in [6, 6.07) is 0. The molecule has 0 saturated carbocycles. The van der Waals surface area contributed by atoms with E-state index in [1.54, 1.807) is 0 Å². The molecular weight excluding hydrogens is 348 g/mol. The van der Waals surface area contributed by atoms with Crippen molar-refractivity contribution in [3.63, 3.8) is 0 Å². The molecular formula is C22H32N6. The van der Waals surface area contributed by atoms with E-state index in [0.29, 0.717) is 0 Å². The van der Waals surface area contributed by atoms with Crippen molar-refractivity contribution in [2.45, 2.75) is 64.3 Å². The molecule has 5 rings (SSSR count).